The van der Waals surface area contributed by atoms with Crippen molar-refractivity contribution in [3.05, 3.63) is 89.0 Å². The fourth-order valence-corrected chi connectivity index (χ4v) is 5.50. The van der Waals surface area contributed by atoms with Gasteiger partial charge in [0.25, 0.3) is 0 Å². The molecule has 0 saturated carbocycles. The SMILES string of the molecule is CCC(C)(C)c1cccc(C(C)C)c1N1CC(COc2ccc(C(C)(C)c3ccc(OCC4CO4)cc3)cc2)OC1=O. The Morgan fingerprint density at radius 2 is 1.40 bits per heavy atom. The van der Waals surface area contributed by atoms with Gasteiger partial charge >= 0.3 is 6.09 Å². The van der Waals surface area contributed by atoms with E-state index in [2.05, 4.69) is 90.9 Å². The van der Waals surface area contributed by atoms with Crippen molar-refractivity contribution in [2.45, 2.75) is 83.8 Å². The van der Waals surface area contributed by atoms with Crippen LogP contribution in [-0.4, -0.2) is 44.7 Å². The molecule has 3 aromatic carbocycles. The van der Waals surface area contributed by atoms with E-state index in [1.807, 2.05) is 29.2 Å². The molecule has 2 fully saturated rings. The summed E-state index contributed by atoms with van der Waals surface area (Å²) in [6.07, 6.45) is 0.562. The number of anilines is 1. The monoisotopic (exact) mass is 571 g/mol. The van der Waals surface area contributed by atoms with Gasteiger partial charge in [0.15, 0.2) is 6.10 Å². The number of epoxide rings is 1. The zero-order chi connectivity index (χ0) is 30.1. The molecule has 2 heterocycles. The Bertz CT molecular complexity index is 1370. The zero-order valence-electron chi connectivity index (χ0n) is 26.1. The van der Waals surface area contributed by atoms with Crippen LogP contribution in [0.3, 0.4) is 0 Å². The lowest BCUT2D eigenvalue weighted by atomic mass is 9.78. The van der Waals surface area contributed by atoms with Crippen molar-refractivity contribution in [1.82, 2.24) is 0 Å². The second kappa shape index (κ2) is 12.0. The van der Waals surface area contributed by atoms with Crippen LogP contribution in [-0.2, 0) is 20.3 Å². The molecule has 0 aliphatic carbocycles. The molecule has 3 aromatic rings. The molecule has 2 unspecified atom stereocenters. The fourth-order valence-electron chi connectivity index (χ4n) is 5.50. The highest BCUT2D eigenvalue weighted by atomic mass is 16.6. The van der Waals surface area contributed by atoms with Gasteiger partial charge in [0.2, 0.25) is 0 Å². The first kappa shape index (κ1) is 30.0. The number of amides is 1. The van der Waals surface area contributed by atoms with E-state index >= 15 is 0 Å². The first-order chi connectivity index (χ1) is 20.0. The minimum atomic E-state index is -0.348. The normalized spacial score (nSPS) is 18.8. The van der Waals surface area contributed by atoms with Gasteiger partial charge < -0.3 is 18.9 Å². The Kier molecular flexibility index (Phi) is 8.56. The van der Waals surface area contributed by atoms with Gasteiger partial charge in [0, 0.05) is 5.41 Å². The van der Waals surface area contributed by atoms with Crippen molar-refractivity contribution >= 4 is 11.8 Å². The molecule has 1 amide bonds. The van der Waals surface area contributed by atoms with Crippen LogP contribution in [0.4, 0.5) is 10.5 Å². The number of carbonyl (C=O) groups excluding carboxylic acids is 1. The maximum Gasteiger partial charge on any atom is 0.414 e. The molecule has 2 aliphatic heterocycles. The number of rotatable bonds is 12. The topological polar surface area (TPSA) is 60.5 Å². The van der Waals surface area contributed by atoms with Crippen LogP contribution in [0.2, 0.25) is 0 Å². The van der Waals surface area contributed by atoms with Gasteiger partial charge in [-0.15, -0.1) is 0 Å². The van der Waals surface area contributed by atoms with Crippen molar-refractivity contribution < 1.29 is 23.7 Å². The molecule has 0 radical (unpaired) electrons. The molecule has 0 spiro atoms. The number of ether oxygens (including phenoxy) is 4. The molecule has 5 rings (SSSR count). The zero-order valence-corrected chi connectivity index (χ0v) is 26.1. The Morgan fingerprint density at radius 1 is 0.857 bits per heavy atom. The predicted octanol–water partition coefficient (Wildman–Crippen LogP) is 8.01. The lowest BCUT2D eigenvalue weighted by molar-refractivity contribution is 0.105. The van der Waals surface area contributed by atoms with Crippen LogP contribution in [0.5, 0.6) is 11.5 Å². The van der Waals surface area contributed by atoms with E-state index in [-0.39, 0.29) is 35.0 Å². The standard InChI is InChI=1S/C36H45NO5/c1-8-35(4,5)32-11-9-10-31(24(2)3)33(32)37-20-29(42-34(37)38)21-39-27-16-12-25(13-17-27)36(6,7)26-14-18-28(19-15-26)40-22-30-23-41-30/h9-19,24,29-30H,8,20-23H2,1-7H3. The Morgan fingerprint density at radius 3 is 1.90 bits per heavy atom. The largest absolute Gasteiger partial charge is 0.491 e. The molecule has 42 heavy (non-hydrogen) atoms. The number of benzene rings is 3. The molecule has 224 valence electrons. The van der Waals surface area contributed by atoms with Crippen LogP contribution in [0.15, 0.2) is 66.7 Å². The van der Waals surface area contributed by atoms with Gasteiger partial charge in [0.1, 0.15) is 30.8 Å². The van der Waals surface area contributed by atoms with Crippen LogP contribution in [0.25, 0.3) is 0 Å². The molecular formula is C36H45NO5. The highest BCUT2D eigenvalue weighted by Gasteiger charge is 2.38. The first-order valence-electron chi connectivity index (χ1n) is 15.2. The van der Waals surface area contributed by atoms with Gasteiger partial charge in [-0.1, -0.05) is 90.9 Å². The second-order valence-electron chi connectivity index (χ2n) is 13.0. The number of carbonyl (C=O) groups is 1. The summed E-state index contributed by atoms with van der Waals surface area (Å²) in [6, 6.07) is 22.9. The average Bonchev–Trinajstić information content (AvgIpc) is 3.75. The quantitative estimate of drug-likeness (QED) is 0.206. The van der Waals surface area contributed by atoms with Crippen LogP contribution < -0.4 is 14.4 Å². The van der Waals surface area contributed by atoms with Gasteiger partial charge in [-0.2, -0.15) is 0 Å². The van der Waals surface area contributed by atoms with E-state index in [4.69, 9.17) is 18.9 Å². The van der Waals surface area contributed by atoms with Gasteiger partial charge in [-0.3, -0.25) is 4.90 Å². The Labute approximate surface area is 250 Å². The summed E-state index contributed by atoms with van der Waals surface area (Å²) >= 11 is 0. The van der Waals surface area contributed by atoms with E-state index in [0.29, 0.717) is 19.8 Å². The van der Waals surface area contributed by atoms with Gasteiger partial charge in [-0.05, 0) is 64.3 Å². The number of para-hydroxylation sites is 1. The summed E-state index contributed by atoms with van der Waals surface area (Å²) < 4.78 is 23.0. The summed E-state index contributed by atoms with van der Waals surface area (Å²) in [4.78, 5) is 15.0. The molecule has 0 bridgehead atoms. The van der Waals surface area contributed by atoms with Crippen molar-refractivity contribution in [2.24, 2.45) is 0 Å². The minimum Gasteiger partial charge on any atom is -0.491 e. The summed E-state index contributed by atoms with van der Waals surface area (Å²) in [5.74, 6) is 1.90. The lowest BCUT2D eigenvalue weighted by Crippen LogP contribution is -2.31. The minimum absolute atomic E-state index is 0.0636. The maximum absolute atomic E-state index is 13.2. The molecule has 2 saturated heterocycles. The predicted molar refractivity (Wildman–Crippen MR) is 167 cm³/mol. The van der Waals surface area contributed by atoms with E-state index in [9.17, 15) is 4.79 Å². The van der Waals surface area contributed by atoms with Crippen molar-refractivity contribution in [3.8, 4) is 11.5 Å². The number of hydrogen-bond donors (Lipinski definition) is 0. The average molecular weight is 572 g/mol. The summed E-state index contributed by atoms with van der Waals surface area (Å²) in [6.45, 7) is 17.6. The van der Waals surface area contributed by atoms with Gasteiger partial charge in [0.05, 0.1) is 18.8 Å². The molecule has 2 atom stereocenters. The molecular weight excluding hydrogens is 526 g/mol. The molecule has 0 N–H and O–H groups in total. The second-order valence-corrected chi connectivity index (χ2v) is 13.0. The number of cyclic esters (lactones) is 1. The highest BCUT2D eigenvalue weighted by Crippen LogP contribution is 2.41. The van der Waals surface area contributed by atoms with Crippen molar-refractivity contribution in [1.29, 1.82) is 0 Å². The smallest absolute Gasteiger partial charge is 0.414 e. The third-order valence-corrected chi connectivity index (χ3v) is 8.87. The maximum atomic E-state index is 13.2. The summed E-state index contributed by atoms with van der Waals surface area (Å²) in [7, 11) is 0. The number of hydrogen-bond acceptors (Lipinski definition) is 5. The van der Waals surface area contributed by atoms with Crippen LogP contribution in [0.1, 0.15) is 83.1 Å². The third-order valence-electron chi connectivity index (χ3n) is 8.87. The third kappa shape index (κ3) is 6.44. The fraction of sp³-hybridized carbons (Fsp3) is 0.472. The van der Waals surface area contributed by atoms with Crippen molar-refractivity contribution in [2.75, 3.05) is 31.3 Å². The summed E-state index contributed by atoms with van der Waals surface area (Å²) in [5, 5.41) is 0. The number of nitrogens with zero attached hydrogens (tertiary/aromatic N) is 1. The Balaban J connectivity index is 1.23. The van der Waals surface area contributed by atoms with Crippen LogP contribution in [0, 0.1) is 0 Å². The Hall–Kier alpha value is -3.51. The van der Waals surface area contributed by atoms with E-state index in [1.54, 1.807) is 0 Å². The van der Waals surface area contributed by atoms with E-state index < -0.39 is 0 Å². The molecule has 0 aromatic heterocycles. The summed E-state index contributed by atoms with van der Waals surface area (Å²) in [5.41, 5.74) is 5.48. The molecule has 2 aliphatic rings. The lowest BCUT2D eigenvalue weighted by Gasteiger charge is -2.31. The van der Waals surface area contributed by atoms with E-state index in [1.165, 1.54) is 22.3 Å². The van der Waals surface area contributed by atoms with E-state index in [0.717, 1.165) is 30.2 Å². The van der Waals surface area contributed by atoms with Crippen molar-refractivity contribution in [3.63, 3.8) is 0 Å². The highest BCUT2D eigenvalue weighted by molar-refractivity contribution is 5.92. The molecule has 6 heteroatoms. The van der Waals surface area contributed by atoms with Crippen LogP contribution >= 0.6 is 0 Å². The first-order valence-corrected chi connectivity index (χ1v) is 15.2. The van der Waals surface area contributed by atoms with Gasteiger partial charge in [-0.25, -0.2) is 4.79 Å². The molecule has 6 nitrogen and oxygen atoms in total.